The van der Waals surface area contributed by atoms with Crippen LogP contribution in [0.5, 0.6) is 0 Å². The molecule has 3 heteroatoms. The molecule has 3 nitrogen and oxygen atoms in total. The summed E-state index contributed by atoms with van der Waals surface area (Å²) >= 11 is 0. The van der Waals surface area contributed by atoms with Crippen molar-refractivity contribution in [1.82, 2.24) is 14.6 Å². The van der Waals surface area contributed by atoms with Gasteiger partial charge in [0, 0.05) is 0 Å². The molecular weight excluding hydrogens is 162 g/mol. The Balaban J connectivity index is 0.000000396. The molecule has 0 aliphatic rings. The molecule has 0 aliphatic heterocycles. The first-order valence-electron chi connectivity index (χ1n) is 4.55. The summed E-state index contributed by atoms with van der Waals surface area (Å²) in [7, 11) is 0. The second-order valence-electron chi connectivity index (χ2n) is 2.66. The van der Waals surface area contributed by atoms with Gasteiger partial charge in [-0.3, -0.25) is 0 Å². The quantitative estimate of drug-likeness (QED) is 0.618. The summed E-state index contributed by atoms with van der Waals surface area (Å²) in [6, 6.07) is 3.93. The normalized spacial score (nSPS) is 9.54. The highest BCUT2D eigenvalue weighted by Gasteiger charge is 1.96. The van der Waals surface area contributed by atoms with Gasteiger partial charge >= 0.3 is 0 Å². The maximum Gasteiger partial charge on any atom is 0.153 e. The molecule has 0 radical (unpaired) electrons. The molecule has 0 unspecified atom stereocenters. The summed E-state index contributed by atoms with van der Waals surface area (Å²) in [5.74, 6) is 0. The van der Waals surface area contributed by atoms with Gasteiger partial charge in [0.1, 0.15) is 0 Å². The zero-order valence-electron chi connectivity index (χ0n) is 8.57. The van der Waals surface area contributed by atoms with E-state index in [-0.39, 0.29) is 0 Å². The fourth-order valence-corrected chi connectivity index (χ4v) is 1.10. The first-order chi connectivity index (χ1) is 6.25. The third kappa shape index (κ3) is 2.05. The fourth-order valence-electron chi connectivity index (χ4n) is 1.10. The first kappa shape index (κ1) is 9.71. The van der Waals surface area contributed by atoms with Gasteiger partial charge in [-0.05, 0) is 26.0 Å². The zero-order valence-corrected chi connectivity index (χ0v) is 8.57. The molecular formula is C10H15N3. The summed E-state index contributed by atoms with van der Waals surface area (Å²) in [5.41, 5.74) is 2.92. The van der Waals surface area contributed by atoms with Gasteiger partial charge < -0.3 is 0 Å². The molecule has 0 saturated carbocycles. The Kier molecular flexibility index (Phi) is 3.01. The number of imidazole rings is 1. The van der Waals surface area contributed by atoms with Crippen LogP contribution in [-0.4, -0.2) is 14.6 Å². The summed E-state index contributed by atoms with van der Waals surface area (Å²) in [6.07, 6.45) is 1.92. The average molecular weight is 177 g/mol. The van der Waals surface area contributed by atoms with Crippen molar-refractivity contribution in [2.75, 3.05) is 0 Å². The minimum Gasteiger partial charge on any atom is -0.232 e. The van der Waals surface area contributed by atoms with E-state index < -0.39 is 0 Å². The van der Waals surface area contributed by atoms with Crippen molar-refractivity contribution >= 4 is 5.65 Å². The number of aryl methyl sites for hydroxylation is 2. The van der Waals surface area contributed by atoms with Crippen molar-refractivity contribution in [2.24, 2.45) is 0 Å². The van der Waals surface area contributed by atoms with E-state index in [1.165, 1.54) is 0 Å². The van der Waals surface area contributed by atoms with E-state index in [2.05, 4.69) is 10.1 Å². The maximum atomic E-state index is 4.25. The van der Waals surface area contributed by atoms with Crippen LogP contribution in [0.15, 0.2) is 18.3 Å². The molecule has 0 fully saturated rings. The Labute approximate surface area is 78.4 Å². The maximum absolute atomic E-state index is 4.25. The lowest BCUT2D eigenvalue weighted by atomic mass is 10.4. The van der Waals surface area contributed by atoms with E-state index in [0.717, 1.165) is 17.0 Å². The summed E-state index contributed by atoms with van der Waals surface area (Å²) in [6.45, 7) is 7.93. The minimum absolute atomic E-state index is 0.910. The molecule has 70 valence electrons. The Hall–Kier alpha value is -1.38. The SMILES string of the molecule is CC.Cc1cn2nc(C)ccc2n1. The molecule has 0 atom stereocenters. The van der Waals surface area contributed by atoms with Crippen molar-refractivity contribution in [2.45, 2.75) is 27.7 Å². The Morgan fingerprint density at radius 3 is 2.46 bits per heavy atom. The van der Waals surface area contributed by atoms with Gasteiger partial charge in [-0.15, -0.1) is 0 Å². The number of nitrogens with zero attached hydrogens (tertiary/aromatic N) is 3. The lowest BCUT2D eigenvalue weighted by molar-refractivity contribution is 0.900. The molecule has 2 aromatic rings. The monoisotopic (exact) mass is 177 g/mol. The second kappa shape index (κ2) is 4.03. The Morgan fingerprint density at radius 1 is 1.08 bits per heavy atom. The van der Waals surface area contributed by atoms with Gasteiger partial charge in [0.15, 0.2) is 5.65 Å². The van der Waals surface area contributed by atoms with Gasteiger partial charge in [0.25, 0.3) is 0 Å². The highest BCUT2D eigenvalue weighted by Crippen LogP contribution is 2.02. The molecule has 2 rings (SSSR count). The van der Waals surface area contributed by atoms with Gasteiger partial charge in [0.05, 0.1) is 17.6 Å². The third-order valence-electron chi connectivity index (χ3n) is 1.57. The van der Waals surface area contributed by atoms with Crippen LogP contribution in [0.3, 0.4) is 0 Å². The molecule has 0 aliphatic carbocycles. The van der Waals surface area contributed by atoms with E-state index in [9.17, 15) is 0 Å². The lowest BCUT2D eigenvalue weighted by Crippen LogP contribution is -1.91. The summed E-state index contributed by atoms with van der Waals surface area (Å²) in [5, 5.41) is 4.25. The molecule has 2 aromatic heterocycles. The van der Waals surface area contributed by atoms with Gasteiger partial charge in [-0.1, -0.05) is 13.8 Å². The van der Waals surface area contributed by atoms with Gasteiger partial charge in [-0.2, -0.15) is 5.10 Å². The molecule has 2 heterocycles. The number of hydrogen-bond donors (Lipinski definition) is 0. The predicted molar refractivity (Wildman–Crippen MR) is 53.8 cm³/mol. The van der Waals surface area contributed by atoms with Gasteiger partial charge in [-0.25, -0.2) is 9.50 Å². The van der Waals surface area contributed by atoms with Crippen LogP contribution in [0.2, 0.25) is 0 Å². The first-order valence-corrected chi connectivity index (χ1v) is 4.55. The standard InChI is InChI=1S/C8H9N3.C2H6/c1-6-3-4-8-9-7(2)5-11(8)10-6;1-2/h3-5H,1-2H3;1-2H3. The average Bonchev–Trinajstić information content (AvgIpc) is 2.48. The van der Waals surface area contributed by atoms with Crippen LogP contribution in [0, 0.1) is 13.8 Å². The van der Waals surface area contributed by atoms with E-state index in [1.54, 1.807) is 4.52 Å². The smallest absolute Gasteiger partial charge is 0.153 e. The van der Waals surface area contributed by atoms with Crippen LogP contribution in [0.25, 0.3) is 5.65 Å². The highest BCUT2D eigenvalue weighted by atomic mass is 15.2. The number of aromatic nitrogens is 3. The van der Waals surface area contributed by atoms with E-state index >= 15 is 0 Å². The van der Waals surface area contributed by atoms with Crippen molar-refractivity contribution in [1.29, 1.82) is 0 Å². The molecule has 13 heavy (non-hydrogen) atoms. The van der Waals surface area contributed by atoms with E-state index in [1.807, 2.05) is 46.0 Å². The summed E-state index contributed by atoms with van der Waals surface area (Å²) in [4.78, 5) is 4.25. The van der Waals surface area contributed by atoms with Crippen LogP contribution in [-0.2, 0) is 0 Å². The topological polar surface area (TPSA) is 30.2 Å². The Bertz CT molecular complexity index is 390. The molecule has 0 N–H and O–H groups in total. The Morgan fingerprint density at radius 2 is 1.77 bits per heavy atom. The van der Waals surface area contributed by atoms with Crippen molar-refractivity contribution < 1.29 is 0 Å². The van der Waals surface area contributed by atoms with Crippen LogP contribution in [0.1, 0.15) is 25.2 Å². The van der Waals surface area contributed by atoms with Crippen molar-refractivity contribution in [3.05, 3.63) is 29.7 Å². The highest BCUT2D eigenvalue weighted by molar-refractivity contribution is 5.37. The number of rotatable bonds is 0. The lowest BCUT2D eigenvalue weighted by Gasteiger charge is -1.91. The predicted octanol–water partition coefficient (Wildman–Crippen LogP) is 2.37. The zero-order chi connectivity index (χ0) is 9.84. The molecule has 0 bridgehead atoms. The minimum atomic E-state index is 0.910. The summed E-state index contributed by atoms with van der Waals surface area (Å²) < 4.78 is 1.80. The van der Waals surface area contributed by atoms with Crippen LogP contribution >= 0.6 is 0 Å². The molecule has 0 spiro atoms. The number of hydrogen-bond acceptors (Lipinski definition) is 2. The molecule has 0 saturated heterocycles. The van der Waals surface area contributed by atoms with Crippen LogP contribution < -0.4 is 0 Å². The molecule has 0 aromatic carbocycles. The molecule has 0 amide bonds. The third-order valence-corrected chi connectivity index (χ3v) is 1.57. The fraction of sp³-hybridized carbons (Fsp3) is 0.400. The second-order valence-corrected chi connectivity index (χ2v) is 2.66. The number of fused-ring (bicyclic) bond motifs is 1. The van der Waals surface area contributed by atoms with Crippen molar-refractivity contribution in [3.8, 4) is 0 Å². The van der Waals surface area contributed by atoms with E-state index in [4.69, 9.17) is 0 Å². The van der Waals surface area contributed by atoms with Crippen LogP contribution in [0.4, 0.5) is 0 Å². The van der Waals surface area contributed by atoms with Gasteiger partial charge in [0.2, 0.25) is 0 Å². The largest absolute Gasteiger partial charge is 0.232 e. The van der Waals surface area contributed by atoms with E-state index in [0.29, 0.717) is 0 Å². The van der Waals surface area contributed by atoms with Crippen molar-refractivity contribution in [3.63, 3.8) is 0 Å².